The van der Waals surface area contributed by atoms with Crippen LogP contribution in [0.15, 0.2) is 18.2 Å². The first-order valence-corrected chi connectivity index (χ1v) is 6.32. The van der Waals surface area contributed by atoms with Gasteiger partial charge in [0.2, 0.25) is 5.91 Å². The molecule has 0 heterocycles. The summed E-state index contributed by atoms with van der Waals surface area (Å²) in [5, 5.41) is 9.10. The molecule has 1 amide bonds. The smallest absolute Gasteiger partial charge is 0.305 e. The number of aliphatic carboxylic acids is 1. The minimum Gasteiger partial charge on any atom is -0.481 e. The summed E-state index contributed by atoms with van der Waals surface area (Å²) in [7, 11) is 0. The summed E-state index contributed by atoms with van der Waals surface area (Å²) in [6.07, 6.45) is 0.0308. The maximum absolute atomic E-state index is 11.1. The van der Waals surface area contributed by atoms with E-state index >= 15 is 0 Å². The molecule has 104 valence electrons. The Morgan fingerprint density at radius 1 is 1.47 bits per heavy atom. The van der Waals surface area contributed by atoms with E-state index in [1.54, 1.807) is 18.2 Å². The van der Waals surface area contributed by atoms with E-state index in [1.807, 2.05) is 18.7 Å². The molecule has 0 aliphatic heterocycles. The van der Waals surface area contributed by atoms with Crippen LogP contribution in [0.25, 0.3) is 0 Å². The molecule has 1 atom stereocenters. The lowest BCUT2D eigenvalue weighted by atomic mass is 10.1. The van der Waals surface area contributed by atoms with E-state index in [2.05, 4.69) is 0 Å². The molecular weight excluding hydrogens is 268 g/mol. The molecule has 0 aliphatic rings. The Bertz CT molecular complexity index is 491. The summed E-state index contributed by atoms with van der Waals surface area (Å²) >= 11 is 5.99. The van der Waals surface area contributed by atoms with Gasteiger partial charge in [-0.05, 0) is 32.0 Å². The highest BCUT2D eigenvalue weighted by Crippen LogP contribution is 2.25. The third-order valence-electron chi connectivity index (χ3n) is 2.89. The van der Waals surface area contributed by atoms with Gasteiger partial charge in [0.15, 0.2) is 0 Å². The summed E-state index contributed by atoms with van der Waals surface area (Å²) in [5.74, 6) is -1.44. The first kappa shape index (κ1) is 15.3. The summed E-state index contributed by atoms with van der Waals surface area (Å²) in [6.45, 7) is 4.39. The summed E-state index contributed by atoms with van der Waals surface area (Å²) < 4.78 is 0. The minimum atomic E-state index is -0.856. The average Bonchev–Trinajstić information content (AvgIpc) is 2.28. The second kappa shape index (κ2) is 6.43. The molecule has 5 nitrogen and oxygen atoms in total. The van der Waals surface area contributed by atoms with E-state index < -0.39 is 11.9 Å². The molecule has 1 unspecified atom stereocenters. The van der Waals surface area contributed by atoms with Gasteiger partial charge in [-0.2, -0.15) is 0 Å². The number of nitrogens with zero attached hydrogens (tertiary/aromatic N) is 1. The van der Waals surface area contributed by atoms with Crippen LogP contribution >= 0.6 is 11.6 Å². The van der Waals surface area contributed by atoms with Gasteiger partial charge in [0.1, 0.15) is 0 Å². The van der Waals surface area contributed by atoms with Crippen molar-refractivity contribution in [2.24, 2.45) is 5.73 Å². The number of anilines is 1. The topological polar surface area (TPSA) is 83.6 Å². The van der Waals surface area contributed by atoms with Gasteiger partial charge in [0, 0.05) is 18.3 Å². The largest absolute Gasteiger partial charge is 0.481 e. The standard InChI is InChI=1S/C13H17ClN2O3/c1-3-16(8(2)6-12(17)18)9-4-5-10(13(15)19)11(14)7-9/h4-5,7-8H,3,6H2,1-2H3,(H2,15,19)(H,17,18). The maximum atomic E-state index is 11.1. The number of rotatable bonds is 6. The molecule has 0 aliphatic carbocycles. The molecule has 6 heteroatoms. The SMILES string of the molecule is CCN(c1ccc(C(N)=O)c(Cl)c1)C(C)CC(=O)O. The van der Waals surface area contributed by atoms with E-state index in [9.17, 15) is 9.59 Å². The van der Waals surface area contributed by atoms with Crippen LogP contribution < -0.4 is 10.6 Å². The van der Waals surface area contributed by atoms with Crippen LogP contribution in [0.1, 0.15) is 30.6 Å². The van der Waals surface area contributed by atoms with E-state index in [-0.39, 0.29) is 23.0 Å². The van der Waals surface area contributed by atoms with Crippen molar-refractivity contribution in [1.29, 1.82) is 0 Å². The Kier molecular flexibility index (Phi) is 5.18. The quantitative estimate of drug-likeness (QED) is 0.838. The van der Waals surface area contributed by atoms with Crippen molar-refractivity contribution in [2.75, 3.05) is 11.4 Å². The first-order valence-electron chi connectivity index (χ1n) is 5.94. The van der Waals surface area contributed by atoms with Crippen LogP contribution in [0, 0.1) is 0 Å². The van der Waals surface area contributed by atoms with Gasteiger partial charge < -0.3 is 15.7 Å². The van der Waals surface area contributed by atoms with Crippen molar-refractivity contribution in [3.8, 4) is 0 Å². The highest BCUT2D eigenvalue weighted by molar-refractivity contribution is 6.34. The van der Waals surface area contributed by atoms with Crippen molar-refractivity contribution >= 4 is 29.2 Å². The van der Waals surface area contributed by atoms with Crippen molar-refractivity contribution in [3.05, 3.63) is 28.8 Å². The van der Waals surface area contributed by atoms with Crippen molar-refractivity contribution < 1.29 is 14.7 Å². The van der Waals surface area contributed by atoms with Crippen LogP contribution in [-0.2, 0) is 4.79 Å². The lowest BCUT2D eigenvalue weighted by Gasteiger charge is -2.29. The lowest BCUT2D eigenvalue weighted by molar-refractivity contribution is -0.137. The number of benzene rings is 1. The van der Waals surface area contributed by atoms with Crippen LogP contribution in [0.3, 0.4) is 0 Å². The highest BCUT2D eigenvalue weighted by Gasteiger charge is 2.17. The zero-order valence-electron chi connectivity index (χ0n) is 10.9. The number of carbonyl (C=O) groups excluding carboxylic acids is 1. The fraction of sp³-hybridized carbons (Fsp3) is 0.385. The molecule has 0 bridgehead atoms. The van der Waals surface area contributed by atoms with Crippen LogP contribution in [-0.4, -0.2) is 29.6 Å². The normalized spacial score (nSPS) is 11.9. The molecule has 1 rings (SSSR count). The molecule has 1 aromatic rings. The minimum absolute atomic E-state index is 0.0308. The Labute approximate surface area is 117 Å². The zero-order valence-corrected chi connectivity index (χ0v) is 11.6. The zero-order chi connectivity index (χ0) is 14.6. The number of carboxylic acid groups (broad SMARTS) is 1. The number of nitrogens with two attached hydrogens (primary N) is 1. The van der Waals surface area contributed by atoms with Crippen molar-refractivity contribution in [3.63, 3.8) is 0 Å². The fourth-order valence-corrected chi connectivity index (χ4v) is 2.26. The third-order valence-corrected chi connectivity index (χ3v) is 3.21. The first-order chi connectivity index (χ1) is 8.86. The Morgan fingerprint density at radius 3 is 2.53 bits per heavy atom. The van der Waals surface area contributed by atoms with Gasteiger partial charge in [-0.15, -0.1) is 0 Å². The van der Waals surface area contributed by atoms with E-state index in [1.165, 1.54) is 0 Å². The number of carbonyl (C=O) groups is 2. The van der Waals surface area contributed by atoms with Gasteiger partial charge in [0.05, 0.1) is 17.0 Å². The maximum Gasteiger partial charge on any atom is 0.305 e. The Hall–Kier alpha value is -1.75. The van der Waals surface area contributed by atoms with Gasteiger partial charge in [-0.25, -0.2) is 0 Å². The summed E-state index contributed by atoms with van der Waals surface area (Å²) in [5.41, 5.74) is 6.21. The number of amides is 1. The Balaban J connectivity index is 3.02. The average molecular weight is 285 g/mol. The van der Waals surface area contributed by atoms with Crippen molar-refractivity contribution in [1.82, 2.24) is 0 Å². The number of halogens is 1. The fourth-order valence-electron chi connectivity index (χ4n) is 1.99. The second-order valence-electron chi connectivity index (χ2n) is 4.26. The van der Waals surface area contributed by atoms with Crippen LogP contribution in [0.2, 0.25) is 5.02 Å². The number of hydrogen-bond donors (Lipinski definition) is 2. The molecule has 19 heavy (non-hydrogen) atoms. The van der Waals surface area contributed by atoms with E-state index in [0.717, 1.165) is 5.69 Å². The van der Waals surface area contributed by atoms with E-state index in [4.69, 9.17) is 22.4 Å². The van der Waals surface area contributed by atoms with Gasteiger partial charge >= 0.3 is 5.97 Å². The molecule has 0 spiro atoms. The van der Waals surface area contributed by atoms with E-state index in [0.29, 0.717) is 6.54 Å². The molecule has 0 fully saturated rings. The molecule has 0 aromatic heterocycles. The number of primary amides is 1. The molecule has 0 saturated heterocycles. The number of hydrogen-bond acceptors (Lipinski definition) is 3. The second-order valence-corrected chi connectivity index (χ2v) is 4.67. The highest BCUT2D eigenvalue weighted by atomic mass is 35.5. The molecule has 0 saturated carbocycles. The lowest BCUT2D eigenvalue weighted by Crippen LogP contribution is -2.34. The van der Waals surface area contributed by atoms with Crippen LogP contribution in [0.4, 0.5) is 5.69 Å². The predicted molar refractivity (Wildman–Crippen MR) is 74.7 cm³/mol. The number of carboxylic acids is 1. The molecular formula is C13H17ClN2O3. The Morgan fingerprint density at radius 2 is 2.11 bits per heavy atom. The third kappa shape index (κ3) is 3.86. The van der Waals surface area contributed by atoms with Crippen LogP contribution in [0.5, 0.6) is 0 Å². The molecule has 0 radical (unpaired) electrons. The monoisotopic (exact) mass is 284 g/mol. The predicted octanol–water partition coefficient (Wildman–Crippen LogP) is 2.13. The van der Waals surface area contributed by atoms with Gasteiger partial charge in [-0.3, -0.25) is 9.59 Å². The van der Waals surface area contributed by atoms with Gasteiger partial charge in [0.25, 0.3) is 0 Å². The molecule has 1 aromatic carbocycles. The van der Waals surface area contributed by atoms with Gasteiger partial charge in [-0.1, -0.05) is 11.6 Å². The summed E-state index contributed by atoms with van der Waals surface area (Å²) in [4.78, 5) is 23.8. The van der Waals surface area contributed by atoms with Crippen molar-refractivity contribution in [2.45, 2.75) is 26.3 Å². The molecule has 3 N–H and O–H groups in total. The summed E-state index contributed by atoms with van der Waals surface area (Å²) in [6, 6.07) is 4.73.